The van der Waals surface area contributed by atoms with Gasteiger partial charge in [0.05, 0.1) is 18.1 Å². The fourth-order valence-electron chi connectivity index (χ4n) is 2.46. The number of rotatable bonds is 8. The van der Waals surface area contributed by atoms with Crippen LogP contribution in [0.1, 0.15) is 23.5 Å². The quantitative estimate of drug-likeness (QED) is 0.756. The summed E-state index contributed by atoms with van der Waals surface area (Å²) in [5.74, 6) is -1.34. The van der Waals surface area contributed by atoms with Gasteiger partial charge in [-0.2, -0.15) is 0 Å². The molecule has 0 aliphatic carbocycles. The minimum absolute atomic E-state index is 0.0571. The Bertz CT molecular complexity index is 733. The molecule has 2 aromatic carbocycles. The van der Waals surface area contributed by atoms with Crippen molar-refractivity contribution < 1.29 is 19.4 Å². The van der Waals surface area contributed by atoms with Gasteiger partial charge in [-0.15, -0.1) is 0 Å². The minimum Gasteiger partial charge on any atom is -0.495 e. The number of nitrogens with one attached hydrogen (secondary N) is 1. The molecule has 0 aliphatic heterocycles. The number of methoxy groups -OCH3 is 1. The predicted octanol–water partition coefficient (Wildman–Crippen LogP) is 3.27. The molecule has 0 heterocycles. The van der Waals surface area contributed by atoms with Gasteiger partial charge in [0.1, 0.15) is 5.75 Å². The molecule has 1 atom stereocenters. The van der Waals surface area contributed by atoms with Crippen LogP contribution in [0, 0.1) is 0 Å². The van der Waals surface area contributed by atoms with E-state index in [4.69, 9.17) is 16.3 Å². The highest BCUT2D eigenvalue weighted by atomic mass is 35.5. The van der Waals surface area contributed by atoms with Gasteiger partial charge in [-0.25, -0.2) is 0 Å². The van der Waals surface area contributed by atoms with Crippen LogP contribution in [0.2, 0.25) is 5.02 Å². The Hall–Kier alpha value is -2.53. The Morgan fingerprint density at radius 1 is 1.20 bits per heavy atom. The molecule has 0 bridgehead atoms. The van der Waals surface area contributed by atoms with Crippen LogP contribution in [-0.4, -0.2) is 30.6 Å². The molecule has 0 radical (unpaired) electrons. The number of carbonyl (C=O) groups is 2. The van der Waals surface area contributed by atoms with Crippen molar-refractivity contribution in [2.75, 3.05) is 13.7 Å². The fourth-order valence-corrected chi connectivity index (χ4v) is 2.74. The summed E-state index contributed by atoms with van der Waals surface area (Å²) in [7, 11) is 1.54. The summed E-state index contributed by atoms with van der Waals surface area (Å²) in [4.78, 5) is 23.4. The normalized spacial score (nSPS) is 11.6. The van der Waals surface area contributed by atoms with Crippen LogP contribution in [0.15, 0.2) is 48.5 Å². The number of carbonyl (C=O) groups excluding carboxylic acids is 1. The molecular weight excluding hydrogens is 342 g/mol. The molecule has 0 aromatic heterocycles. The highest BCUT2D eigenvalue weighted by molar-refractivity contribution is 6.32. The zero-order valence-corrected chi connectivity index (χ0v) is 14.6. The Morgan fingerprint density at radius 2 is 1.92 bits per heavy atom. The number of amides is 1. The molecule has 0 spiro atoms. The second kappa shape index (κ2) is 9.08. The van der Waals surface area contributed by atoms with Gasteiger partial charge in [0.2, 0.25) is 5.91 Å². The van der Waals surface area contributed by atoms with Crippen LogP contribution in [0.3, 0.4) is 0 Å². The molecule has 1 unspecified atom stereocenters. The maximum atomic E-state index is 12.0. The van der Waals surface area contributed by atoms with Crippen molar-refractivity contribution in [2.24, 2.45) is 0 Å². The van der Waals surface area contributed by atoms with Gasteiger partial charge in [-0.3, -0.25) is 9.59 Å². The molecule has 2 aromatic rings. The summed E-state index contributed by atoms with van der Waals surface area (Å²) < 4.78 is 5.09. The number of hydrogen-bond donors (Lipinski definition) is 2. The third-order valence-corrected chi connectivity index (χ3v) is 4.16. The number of aryl methyl sites for hydroxylation is 1. The highest BCUT2D eigenvalue weighted by Crippen LogP contribution is 2.25. The van der Waals surface area contributed by atoms with Gasteiger partial charge in [-0.05, 0) is 29.7 Å². The Kier molecular flexibility index (Phi) is 6.83. The SMILES string of the molecule is COc1ccc(CCC(=O)NCC(C(=O)O)c2ccccc2)cc1Cl. The summed E-state index contributed by atoms with van der Waals surface area (Å²) >= 11 is 6.06. The number of ether oxygens (including phenoxy) is 1. The molecular formula is C19H20ClNO4. The van der Waals surface area contributed by atoms with E-state index in [1.807, 2.05) is 12.1 Å². The molecule has 132 valence electrons. The van der Waals surface area contributed by atoms with Crippen LogP contribution < -0.4 is 10.1 Å². The number of aliphatic carboxylic acids is 1. The molecule has 5 nitrogen and oxygen atoms in total. The van der Waals surface area contributed by atoms with E-state index in [-0.39, 0.29) is 18.9 Å². The second-order valence-corrected chi connectivity index (χ2v) is 5.98. The third kappa shape index (κ3) is 5.50. The molecule has 25 heavy (non-hydrogen) atoms. The highest BCUT2D eigenvalue weighted by Gasteiger charge is 2.20. The molecule has 0 saturated carbocycles. The van der Waals surface area contributed by atoms with Crippen molar-refractivity contribution in [1.29, 1.82) is 0 Å². The van der Waals surface area contributed by atoms with Gasteiger partial charge in [-0.1, -0.05) is 48.0 Å². The molecule has 0 aliphatic rings. The monoisotopic (exact) mass is 361 g/mol. The number of benzene rings is 2. The van der Waals surface area contributed by atoms with Crippen LogP contribution in [0.5, 0.6) is 5.75 Å². The summed E-state index contributed by atoms with van der Waals surface area (Å²) in [6, 6.07) is 14.2. The first kappa shape index (κ1) is 18.8. The van der Waals surface area contributed by atoms with Crippen molar-refractivity contribution in [2.45, 2.75) is 18.8 Å². The maximum Gasteiger partial charge on any atom is 0.312 e. The smallest absolute Gasteiger partial charge is 0.312 e. The zero-order chi connectivity index (χ0) is 18.2. The topological polar surface area (TPSA) is 75.6 Å². The second-order valence-electron chi connectivity index (χ2n) is 5.57. The standard InChI is InChI=1S/C19H20ClNO4/c1-25-17-9-7-13(11-16(17)20)8-10-18(22)21-12-15(19(23)24)14-5-3-2-4-6-14/h2-7,9,11,15H,8,10,12H2,1H3,(H,21,22)(H,23,24). The Balaban J connectivity index is 1.87. The van der Waals surface area contributed by atoms with E-state index >= 15 is 0 Å². The van der Waals surface area contributed by atoms with E-state index in [9.17, 15) is 14.7 Å². The van der Waals surface area contributed by atoms with Crippen LogP contribution in [-0.2, 0) is 16.0 Å². The number of carboxylic acid groups (broad SMARTS) is 1. The van der Waals surface area contributed by atoms with E-state index in [1.165, 1.54) is 0 Å². The summed E-state index contributed by atoms with van der Waals surface area (Å²) in [5, 5.41) is 12.5. The van der Waals surface area contributed by atoms with Gasteiger partial charge in [0.25, 0.3) is 0 Å². The first-order chi connectivity index (χ1) is 12.0. The van der Waals surface area contributed by atoms with Crippen LogP contribution in [0.25, 0.3) is 0 Å². The minimum atomic E-state index is -0.964. The Morgan fingerprint density at radius 3 is 2.52 bits per heavy atom. The zero-order valence-electron chi connectivity index (χ0n) is 13.9. The average Bonchev–Trinajstić information content (AvgIpc) is 2.61. The van der Waals surface area contributed by atoms with Gasteiger partial charge >= 0.3 is 5.97 Å². The third-order valence-electron chi connectivity index (χ3n) is 3.86. The van der Waals surface area contributed by atoms with Crippen LogP contribution >= 0.6 is 11.6 Å². The predicted molar refractivity (Wildman–Crippen MR) is 96.2 cm³/mol. The summed E-state index contributed by atoms with van der Waals surface area (Å²) in [6.45, 7) is 0.0571. The van der Waals surface area contributed by atoms with E-state index in [0.717, 1.165) is 5.56 Å². The van der Waals surface area contributed by atoms with E-state index in [2.05, 4.69) is 5.32 Å². The van der Waals surface area contributed by atoms with Crippen molar-refractivity contribution in [3.05, 3.63) is 64.7 Å². The van der Waals surface area contributed by atoms with Crippen molar-refractivity contribution in [3.8, 4) is 5.75 Å². The lowest BCUT2D eigenvalue weighted by atomic mass is 9.99. The largest absolute Gasteiger partial charge is 0.495 e. The van der Waals surface area contributed by atoms with E-state index in [1.54, 1.807) is 43.5 Å². The van der Waals surface area contributed by atoms with Gasteiger partial charge in [0.15, 0.2) is 0 Å². The summed E-state index contributed by atoms with van der Waals surface area (Å²) in [5.41, 5.74) is 1.58. The lowest BCUT2D eigenvalue weighted by molar-refractivity contribution is -0.138. The maximum absolute atomic E-state index is 12.0. The molecule has 1 amide bonds. The Labute approximate surface area is 151 Å². The van der Waals surface area contributed by atoms with E-state index in [0.29, 0.717) is 22.8 Å². The lowest BCUT2D eigenvalue weighted by Crippen LogP contribution is -2.31. The summed E-state index contributed by atoms with van der Waals surface area (Å²) in [6.07, 6.45) is 0.766. The molecule has 2 rings (SSSR count). The van der Waals surface area contributed by atoms with Crippen LogP contribution in [0.4, 0.5) is 0 Å². The number of carboxylic acids is 1. The first-order valence-corrected chi connectivity index (χ1v) is 8.26. The lowest BCUT2D eigenvalue weighted by Gasteiger charge is -2.14. The average molecular weight is 362 g/mol. The van der Waals surface area contributed by atoms with Gasteiger partial charge < -0.3 is 15.2 Å². The van der Waals surface area contributed by atoms with Crippen molar-refractivity contribution in [3.63, 3.8) is 0 Å². The van der Waals surface area contributed by atoms with Crippen molar-refractivity contribution in [1.82, 2.24) is 5.32 Å². The number of halogens is 1. The van der Waals surface area contributed by atoms with E-state index < -0.39 is 11.9 Å². The molecule has 0 fully saturated rings. The number of hydrogen-bond acceptors (Lipinski definition) is 3. The van der Waals surface area contributed by atoms with Gasteiger partial charge in [0, 0.05) is 13.0 Å². The molecule has 6 heteroatoms. The van der Waals surface area contributed by atoms with Crippen molar-refractivity contribution >= 4 is 23.5 Å². The molecule has 0 saturated heterocycles. The molecule has 2 N–H and O–H groups in total. The fraction of sp³-hybridized carbons (Fsp3) is 0.263. The first-order valence-electron chi connectivity index (χ1n) is 7.88.